The zero-order valence-corrected chi connectivity index (χ0v) is 14.1. The third-order valence-electron chi connectivity index (χ3n) is 4.37. The van der Waals surface area contributed by atoms with Crippen LogP contribution in [-0.4, -0.2) is 16.2 Å². The van der Waals surface area contributed by atoms with Crippen molar-refractivity contribution in [2.24, 2.45) is 5.73 Å². The van der Waals surface area contributed by atoms with Crippen LogP contribution in [0.3, 0.4) is 0 Å². The Balaban J connectivity index is 1.71. The second-order valence-corrected chi connectivity index (χ2v) is 6.62. The van der Waals surface area contributed by atoms with E-state index in [4.69, 9.17) is 20.2 Å². The van der Waals surface area contributed by atoms with E-state index in [1.807, 2.05) is 36.4 Å². The molecule has 25 heavy (non-hydrogen) atoms. The number of hydrogen-bond donors (Lipinski definition) is 1. The maximum Gasteiger partial charge on any atom is 0.231 e. The molecule has 0 unspecified atom stereocenters. The molecule has 0 saturated heterocycles. The largest absolute Gasteiger partial charge is 0.454 e. The molecule has 2 aromatic carbocycles. The minimum atomic E-state index is 0.263. The van der Waals surface area contributed by atoms with Crippen molar-refractivity contribution in [1.82, 2.24) is 9.38 Å². The Morgan fingerprint density at radius 2 is 1.88 bits per heavy atom. The van der Waals surface area contributed by atoms with Crippen LogP contribution in [0.5, 0.6) is 11.5 Å². The maximum atomic E-state index is 6.11. The van der Waals surface area contributed by atoms with E-state index in [-0.39, 0.29) is 6.79 Å². The van der Waals surface area contributed by atoms with Crippen molar-refractivity contribution in [1.29, 1.82) is 0 Å². The first-order valence-corrected chi connectivity index (χ1v) is 8.87. The van der Waals surface area contributed by atoms with Crippen LogP contribution in [-0.2, 0) is 6.54 Å². The minimum Gasteiger partial charge on any atom is -0.454 e. The van der Waals surface area contributed by atoms with Gasteiger partial charge in [-0.3, -0.25) is 4.40 Å². The summed E-state index contributed by atoms with van der Waals surface area (Å²) in [5.41, 5.74) is 11.2. The fraction of sp³-hybridized carbons (Fsp3) is 0.105. The molecule has 5 rings (SSSR count). The van der Waals surface area contributed by atoms with Gasteiger partial charge in [0.15, 0.2) is 16.5 Å². The molecule has 0 fully saturated rings. The first-order chi connectivity index (χ1) is 12.3. The van der Waals surface area contributed by atoms with Crippen molar-refractivity contribution in [2.75, 3.05) is 6.79 Å². The van der Waals surface area contributed by atoms with Crippen molar-refractivity contribution in [3.05, 3.63) is 59.6 Å². The molecule has 0 aliphatic carbocycles. The van der Waals surface area contributed by atoms with Crippen LogP contribution in [0.1, 0.15) is 5.69 Å². The van der Waals surface area contributed by atoms with Crippen LogP contribution in [0.2, 0.25) is 0 Å². The fourth-order valence-electron chi connectivity index (χ4n) is 3.19. The zero-order chi connectivity index (χ0) is 16.8. The van der Waals surface area contributed by atoms with Crippen LogP contribution >= 0.6 is 11.3 Å². The molecule has 1 aliphatic rings. The quantitative estimate of drug-likeness (QED) is 0.609. The van der Waals surface area contributed by atoms with E-state index < -0.39 is 0 Å². The van der Waals surface area contributed by atoms with Crippen molar-refractivity contribution >= 4 is 16.3 Å². The van der Waals surface area contributed by atoms with E-state index in [9.17, 15) is 0 Å². The van der Waals surface area contributed by atoms with Crippen LogP contribution in [0.25, 0.3) is 27.5 Å². The van der Waals surface area contributed by atoms with E-state index in [1.165, 1.54) is 0 Å². The summed E-state index contributed by atoms with van der Waals surface area (Å²) in [6.45, 7) is 0.667. The number of nitrogens with zero attached hydrogens (tertiary/aromatic N) is 2. The lowest BCUT2D eigenvalue weighted by Crippen LogP contribution is -2.03. The molecule has 0 radical (unpaired) electrons. The normalized spacial score (nSPS) is 12.8. The summed E-state index contributed by atoms with van der Waals surface area (Å²) in [7, 11) is 0. The third kappa shape index (κ3) is 2.22. The molecule has 3 heterocycles. The predicted molar refractivity (Wildman–Crippen MR) is 98.0 cm³/mol. The monoisotopic (exact) mass is 349 g/mol. The SMILES string of the molecule is NCc1c(-c2ccc3c(c2)OCO3)nc2scc(-c3ccccc3)n12. The number of nitrogens with two attached hydrogens (primary N) is 1. The highest BCUT2D eigenvalue weighted by molar-refractivity contribution is 7.15. The highest BCUT2D eigenvalue weighted by atomic mass is 32.1. The molecule has 0 spiro atoms. The summed E-state index contributed by atoms with van der Waals surface area (Å²) in [6, 6.07) is 16.2. The smallest absolute Gasteiger partial charge is 0.231 e. The number of fused-ring (bicyclic) bond motifs is 2. The van der Waals surface area contributed by atoms with Gasteiger partial charge in [0.2, 0.25) is 6.79 Å². The lowest BCUT2D eigenvalue weighted by atomic mass is 10.1. The Kier molecular flexibility index (Phi) is 3.26. The molecule has 0 amide bonds. The van der Waals surface area contributed by atoms with E-state index in [2.05, 4.69) is 21.9 Å². The summed E-state index contributed by atoms with van der Waals surface area (Å²) in [5.74, 6) is 1.52. The molecule has 2 aromatic heterocycles. The lowest BCUT2D eigenvalue weighted by Gasteiger charge is -2.06. The molecule has 0 atom stereocenters. The number of rotatable bonds is 3. The molecular formula is C19H15N3O2S. The van der Waals surface area contributed by atoms with Gasteiger partial charge in [-0.15, -0.1) is 11.3 Å². The number of ether oxygens (including phenoxy) is 2. The van der Waals surface area contributed by atoms with Gasteiger partial charge < -0.3 is 15.2 Å². The number of hydrogen-bond acceptors (Lipinski definition) is 5. The van der Waals surface area contributed by atoms with Crippen molar-refractivity contribution in [3.63, 3.8) is 0 Å². The van der Waals surface area contributed by atoms with Gasteiger partial charge in [0, 0.05) is 17.5 Å². The maximum absolute atomic E-state index is 6.11. The van der Waals surface area contributed by atoms with Gasteiger partial charge in [0.05, 0.1) is 17.1 Å². The second kappa shape index (κ2) is 5.61. The molecule has 0 saturated carbocycles. The number of thiazole rings is 1. The van der Waals surface area contributed by atoms with Crippen LogP contribution in [0, 0.1) is 0 Å². The number of benzene rings is 2. The molecule has 1 aliphatic heterocycles. The standard InChI is InChI=1S/C19H15N3O2S/c20-9-14-18(13-6-7-16-17(8-13)24-11-23-16)21-19-22(14)15(10-25-19)12-4-2-1-3-5-12/h1-8,10H,9,11,20H2. The van der Waals surface area contributed by atoms with E-state index in [1.54, 1.807) is 11.3 Å². The fourth-order valence-corrected chi connectivity index (χ4v) is 4.11. The average molecular weight is 349 g/mol. The predicted octanol–water partition coefficient (Wildman–Crippen LogP) is 3.92. The molecule has 4 aromatic rings. The Morgan fingerprint density at radius 1 is 1.04 bits per heavy atom. The summed E-state index contributed by atoms with van der Waals surface area (Å²) < 4.78 is 13.0. The zero-order valence-electron chi connectivity index (χ0n) is 13.3. The molecule has 6 heteroatoms. The number of imidazole rings is 1. The van der Waals surface area contributed by atoms with Crippen molar-refractivity contribution < 1.29 is 9.47 Å². The Bertz CT molecular complexity index is 1070. The van der Waals surface area contributed by atoms with Gasteiger partial charge in [-0.25, -0.2) is 4.98 Å². The average Bonchev–Trinajstić information content (AvgIpc) is 3.36. The van der Waals surface area contributed by atoms with E-state index in [0.29, 0.717) is 6.54 Å². The van der Waals surface area contributed by atoms with Gasteiger partial charge in [-0.05, 0) is 23.8 Å². The summed E-state index contributed by atoms with van der Waals surface area (Å²) in [6.07, 6.45) is 0. The molecule has 2 N–H and O–H groups in total. The summed E-state index contributed by atoms with van der Waals surface area (Å²) in [4.78, 5) is 5.77. The van der Waals surface area contributed by atoms with Gasteiger partial charge in [0.25, 0.3) is 0 Å². The first-order valence-electron chi connectivity index (χ1n) is 7.99. The van der Waals surface area contributed by atoms with Gasteiger partial charge >= 0.3 is 0 Å². The van der Waals surface area contributed by atoms with Gasteiger partial charge in [-0.2, -0.15) is 0 Å². The molecule has 124 valence electrons. The first kappa shape index (κ1) is 14.5. The van der Waals surface area contributed by atoms with Crippen molar-refractivity contribution in [3.8, 4) is 34.0 Å². The highest BCUT2D eigenvalue weighted by Gasteiger charge is 2.20. The van der Waals surface area contributed by atoms with Gasteiger partial charge in [0.1, 0.15) is 0 Å². The van der Waals surface area contributed by atoms with E-state index >= 15 is 0 Å². The molecule has 5 nitrogen and oxygen atoms in total. The van der Waals surface area contributed by atoms with Crippen LogP contribution in [0.4, 0.5) is 0 Å². The topological polar surface area (TPSA) is 61.8 Å². The number of aromatic nitrogens is 2. The summed E-state index contributed by atoms with van der Waals surface area (Å²) >= 11 is 1.62. The third-order valence-corrected chi connectivity index (χ3v) is 5.19. The van der Waals surface area contributed by atoms with Crippen molar-refractivity contribution in [2.45, 2.75) is 6.54 Å². The molecular weight excluding hydrogens is 334 g/mol. The van der Waals surface area contributed by atoms with Crippen LogP contribution in [0.15, 0.2) is 53.9 Å². The van der Waals surface area contributed by atoms with Gasteiger partial charge in [-0.1, -0.05) is 30.3 Å². The minimum absolute atomic E-state index is 0.263. The lowest BCUT2D eigenvalue weighted by molar-refractivity contribution is 0.174. The highest BCUT2D eigenvalue weighted by Crippen LogP contribution is 2.38. The Labute approximate surface area is 148 Å². The second-order valence-electron chi connectivity index (χ2n) is 5.78. The van der Waals surface area contributed by atoms with Crippen LogP contribution < -0.4 is 15.2 Å². The Morgan fingerprint density at radius 3 is 2.72 bits per heavy atom. The molecule has 0 bridgehead atoms. The Hall–Kier alpha value is -2.83. The van der Waals surface area contributed by atoms with E-state index in [0.717, 1.165) is 44.7 Å². The summed E-state index contributed by atoms with van der Waals surface area (Å²) in [5, 5.41) is 2.13.